The minimum absolute atomic E-state index is 0.164. The van der Waals surface area contributed by atoms with Gasteiger partial charge in [-0.3, -0.25) is 10.1 Å². The number of anilines is 1. The molecule has 2 aromatic rings. The van der Waals surface area contributed by atoms with E-state index in [4.69, 9.17) is 21.7 Å². The largest absolute Gasteiger partial charge is 0.492 e. The zero-order chi connectivity index (χ0) is 21.2. The quantitative estimate of drug-likeness (QED) is 0.345. The van der Waals surface area contributed by atoms with Gasteiger partial charge in [-0.15, -0.1) is 0 Å². The van der Waals surface area contributed by atoms with Crippen LogP contribution < -0.4 is 20.1 Å². The lowest BCUT2D eigenvalue weighted by Gasteiger charge is -2.14. The van der Waals surface area contributed by atoms with Crippen LogP contribution >= 0.6 is 28.1 Å². The molecular formula is C22H27BrN2O3S. The predicted molar refractivity (Wildman–Crippen MR) is 125 cm³/mol. The van der Waals surface area contributed by atoms with Crippen LogP contribution in [0.4, 0.5) is 5.69 Å². The van der Waals surface area contributed by atoms with E-state index < -0.39 is 0 Å². The van der Waals surface area contributed by atoms with Crippen molar-refractivity contribution in [2.75, 3.05) is 11.9 Å². The average Bonchev–Trinajstić information content (AvgIpc) is 2.70. The SMILES string of the molecule is CCCCOc1ccc(C(=O)NC(=S)Nc2ccc(OC(C)CC)cc2)cc1Br. The summed E-state index contributed by atoms with van der Waals surface area (Å²) in [6.45, 7) is 6.86. The van der Waals surface area contributed by atoms with Crippen LogP contribution in [0.5, 0.6) is 11.5 Å². The fraction of sp³-hybridized carbons (Fsp3) is 0.364. The molecule has 1 amide bonds. The van der Waals surface area contributed by atoms with Gasteiger partial charge in [0.25, 0.3) is 5.91 Å². The molecule has 5 nitrogen and oxygen atoms in total. The minimum Gasteiger partial charge on any atom is -0.492 e. The van der Waals surface area contributed by atoms with Gasteiger partial charge in [0.1, 0.15) is 11.5 Å². The first kappa shape index (κ1) is 23.2. The van der Waals surface area contributed by atoms with Crippen LogP contribution in [-0.2, 0) is 0 Å². The normalized spacial score (nSPS) is 11.4. The minimum atomic E-state index is -0.292. The van der Waals surface area contributed by atoms with E-state index in [1.807, 2.05) is 31.2 Å². The van der Waals surface area contributed by atoms with Crippen LogP contribution in [0, 0.1) is 0 Å². The highest BCUT2D eigenvalue weighted by atomic mass is 79.9. The Morgan fingerprint density at radius 1 is 1.17 bits per heavy atom. The van der Waals surface area contributed by atoms with Gasteiger partial charge in [0.2, 0.25) is 0 Å². The zero-order valence-corrected chi connectivity index (χ0v) is 19.4. The van der Waals surface area contributed by atoms with Crippen molar-refractivity contribution in [1.29, 1.82) is 0 Å². The predicted octanol–water partition coefficient (Wildman–Crippen LogP) is 5.93. The summed E-state index contributed by atoms with van der Waals surface area (Å²) in [6, 6.07) is 12.7. The third-order valence-corrected chi connectivity index (χ3v) is 5.02. The Labute approximate surface area is 186 Å². The highest BCUT2D eigenvalue weighted by molar-refractivity contribution is 9.10. The molecule has 0 radical (unpaired) electrons. The van der Waals surface area contributed by atoms with Gasteiger partial charge < -0.3 is 14.8 Å². The van der Waals surface area contributed by atoms with Crippen LogP contribution in [-0.4, -0.2) is 23.7 Å². The van der Waals surface area contributed by atoms with Crippen molar-refractivity contribution >= 4 is 44.9 Å². The molecular weight excluding hydrogens is 452 g/mol. The van der Waals surface area contributed by atoms with E-state index in [1.54, 1.807) is 18.2 Å². The summed E-state index contributed by atoms with van der Waals surface area (Å²) in [6.07, 6.45) is 3.16. The van der Waals surface area contributed by atoms with Gasteiger partial charge in [0, 0.05) is 11.3 Å². The lowest BCUT2D eigenvalue weighted by molar-refractivity contribution is 0.0977. The van der Waals surface area contributed by atoms with Gasteiger partial charge >= 0.3 is 0 Å². The van der Waals surface area contributed by atoms with Crippen molar-refractivity contribution in [2.45, 2.75) is 46.1 Å². The van der Waals surface area contributed by atoms with Crippen molar-refractivity contribution in [2.24, 2.45) is 0 Å². The average molecular weight is 479 g/mol. The summed E-state index contributed by atoms with van der Waals surface area (Å²) < 4.78 is 12.2. The molecule has 0 saturated heterocycles. The summed E-state index contributed by atoms with van der Waals surface area (Å²) in [5.74, 6) is 1.22. The van der Waals surface area contributed by atoms with Crippen LogP contribution in [0.3, 0.4) is 0 Å². The molecule has 0 aromatic heterocycles. The smallest absolute Gasteiger partial charge is 0.257 e. The molecule has 1 atom stereocenters. The molecule has 0 fully saturated rings. The number of carbonyl (C=O) groups excluding carboxylic acids is 1. The molecule has 0 aliphatic rings. The maximum atomic E-state index is 12.5. The number of halogens is 1. The summed E-state index contributed by atoms with van der Waals surface area (Å²) in [5, 5.41) is 5.92. The number of hydrogen-bond donors (Lipinski definition) is 2. The molecule has 7 heteroatoms. The van der Waals surface area contributed by atoms with E-state index in [0.29, 0.717) is 12.2 Å². The zero-order valence-electron chi connectivity index (χ0n) is 17.0. The molecule has 0 bridgehead atoms. The maximum Gasteiger partial charge on any atom is 0.257 e. The molecule has 0 aliphatic carbocycles. The molecule has 2 aromatic carbocycles. The number of ether oxygens (including phenoxy) is 2. The number of amides is 1. The topological polar surface area (TPSA) is 59.6 Å². The Balaban J connectivity index is 1.90. The lowest BCUT2D eigenvalue weighted by atomic mass is 10.2. The standard InChI is InChI=1S/C22H27BrN2O3S/c1-4-6-13-27-20-12-7-16(14-19(20)23)21(26)25-22(29)24-17-8-10-18(11-9-17)28-15(3)5-2/h7-12,14-15H,4-6,13H2,1-3H3,(H2,24,25,26,29). The van der Waals surface area contributed by atoms with E-state index in [0.717, 1.165) is 40.9 Å². The molecule has 29 heavy (non-hydrogen) atoms. The van der Waals surface area contributed by atoms with Crippen molar-refractivity contribution in [3.63, 3.8) is 0 Å². The van der Waals surface area contributed by atoms with Gasteiger partial charge in [-0.1, -0.05) is 20.3 Å². The third-order valence-electron chi connectivity index (χ3n) is 4.20. The number of hydrogen-bond acceptors (Lipinski definition) is 4. The second-order valence-corrected chi connectivity index (χ2v) is 7.88. The second kappa shape index (κ2) is 11.8. The molecule has 2 N–H and O–H groups in total. The number of carbonyl (C=O) groups is 1. The number of rotatable bonds is 9. The van der Waals surface area contributed by atoms with E-state index in [9.17, 15) is 4.79 Å². The van der Waals surface area contributed by atoms with Crippen LogP contribution in [0.2, 0.25) is 0 Å². The van der Waals surface area contributed by atoms with Crippen LogP contribution in [0.1, 0.15) is 50.4 Å². The van der Waals surface area contributed by atoms with E-state index >= 15 is 0 Å². The monoisotopic (exact) mass is 478 g/mol. The van der Waals surface area contributed by atoms with Crippen LogP contribution in [0.15, 0.2) is 46.9 Å². The van der Waals surface area contributed by atoms with Gasteiger partial charge in [0.15, 0.2) is 5.11 Å². The summed E-state index contributed by atoms with van der Waals surface area (Å²) in [4.78, 5) is 12.5. The Bertz CT molecular complexity index is 827. The van der Waals surface area contributed by atoms with Crippen LogP contribution in [0.25, 0.3) is 0 Å². The van der Waals surface area contributed by atoms with Crippen molar-refractivity contribution in [3.8, 4) is 11.5 Å². The number of unbranched alkanes of at least 4 members (excludes halogenated alkanes) is 1. The van der Waals surface area contributed by atoms with Gasteiger partial charge in [0.05, 0.1) is 17.2 Å². The summed E-state index contributed by atoms with van der Waals surface area (Å²) in [5.41, 5.74) is 1.26. The maximum absolute atomic E-state index is 12.5. The Morgan fingerprint density at radius 3 is 2.52 bits per heavy atom. The first-order valence-corrected chi connectivity index (χ1v) is 10.9. The Kier molecular flexibility index (Phi) is 9.41. The molecule has 0 aliphatic heterocycles. The molecule has 156 valence electrons. The van der Waals surface area contributed by atoms with Gasteiger partial charge in [-0.2, -0.15) is 0 Å². The molecule has 2 rings (SSSR count). The molecule has 0 spiro atoms. The second-order valence-electron chi connectivity index (χ2n) is 6.62. The first-order valence-electron chi connectivity index (χ1n) is 9.74. The van der Waals surface area contributed by atoms with Gasteiger partial charge in [-0.25, -0.2) is 0 Å². The number of nitrogens with one attached hydrogen (secondary N) is 2. The van der Waals surface area contributed by atoms with Gasteiger partial charge in [-0.05, 0) is 90.4 Å². The first-order chi connectivity index (χ1) is 13.9. The highest BCUT2D eigenvalue weighted by Crippen LogP contribution is 2.26. The molecule has 0 heterocycles. The van der Waals surface area contributed by atoms with E-state index in [2.05, 4.69) is 40.4 Å². The number of benzene rings is 2. The molecule has 0 saturated carbocycles. The van der Waals surface area contributed by atoms with E-state index in [-0.39, 0.29) is 17.1 Å². The fourth-order valence-corrected chi connectivity index (χ4v) is 3.06. The third kappa shape index (κ3) is 7.66. The van der Waals surface area contributed by atoms with Crippen molar-refractivity contribution in [1.82, 2.24) is 5.32 Å². The summed E-state index contributed by atoms with van der Waals surface area (Å²) >= 11 is 8.70. The van der Waals surface area contributed by atoms with Crippen molar-refractivity contribution < 1.29 is 14.3 Å². The highest BCUT2D eigenvalue weighted by Gasteiger charge is 2.11. The molecule has 1 unspecified atom stereocenters. The summed E-state index contributed by atoms with van der Waals surface area (Å²) in [7, 11) is 0. The number of thiocarbonyl (C=S) groups is 1. The fourth-order valence-electron chi connectivity index (χ4n) is 2.36. The van der Waals surface area contributed by atoms with Crippen molar-refractivity contribution in [3.05, 3.63) is 52.5 Å². The van der Waals surface area contributed by atoms with E-state index in [1.165, 1.54) is 0 Å². The Hall–Kier alpha value is -2.12. The Morgan fingerprint density at radius 2 is 1.90 bits per heavy atom. The lowest BCUT2D eigenvalue weighted by Crippen LogP contribution is -2.34.